The fraction of sp³-hybridized carbons (Fsp3) is 0.429. The van der Waals surface area contributed by atoms with Crippen LogP contribution in [0.1, 0.15) is 19.2 Å². The first-order valence-corrected chi connectivity index (χ1v) is 6.76. The number of nitrogens with one attached hydrogen (secondary N) is 2. The third-order valence-electron chi connectivity index (χ3n) is 2.80. The van der Waals surface area contributed by atoms with Crippen molar-refractivity contribution in [3.8, 4) is 0 Å². The van der Waals surface area contributed by atoms with Crippen LogP contribution in [0.15, 0.2) is 28.7 Å². The van der Waals surface area contributed by atoms with Crippen molar-refractivity contribution in [1.29, 1.82) is 0 Å². The Morgan fingerprint density at radius 3 is 2.55 bits per heavy atom. The van der Waals surface area contributed by atoms with Crippen molar-refractivity contribution in [2.24, 2.45) is 0 Å². The maximum Gasteiger partial charge on any atom is 0.320 e. The summed E-state index contributed by atoms with van der Waals surface area (Å²) in [7, 11) is 4.02. The lowest BCUT2D eigenvalue weighted by molar-refractivity contribution is 0.479. The van der Waals surface area contributed by atoms with Crippen LogP contribution in [0.25, 0.3) is 0 Å². The Bertz CT molecular complexity index is 521. The number of anilines is 3. The Labute approximate surface area is 119 Å². The van der Waals surface area contributed by atoms with Crippen molar-refractivity contribution >= 4 is 17.4 Å². The molecule has 1 aromatic heterocycles. The van der Waals surface area contributed by atoms with Crippen LogP contribution in [0.2, 0.25) is 0 Å². The fourth-order valence-corrected chi connectivity index (χ4v) is 1.71. The van der Waals surface area contributed by atoms with Gasteiger partial charge in [0.25, 0.3) is 0 Å². The largest absolute Gasteiger partial charge is 0.406 e. The number of benzene rings is 1. The Balaban J connectivity index is 1.92. The summed E-state index contributed by atoms with van der Waals surface area (Å²) in [5.41, 5.74) is 2.07. The van der Waals surface area contributed by atoms with Gasteiger partial charge < -0.3 is 20.0 Å². The molecule has 0 aliphatic rings. The highest BCUT2D eigenvalue weighted by Crippen LogP contribution is 2.19. The zero-order valence-corrected chi connectivity index (χ0v) is 12.2. The molecule has 1 heterocycles. The van der Waals surface area contributed by atoms with Crippen molar-refractivity contribution in [1.82, 2.24) is 15.5 Å². The number of aromatic nitrogens is 2. The molecular weight excluding hydrogens is 254 g/mol. The average molecular weight is 275 g/mol. The lowest BCUT2D eigenvalue weighted by Crippen LogP contribution is -2.13. The molecule has 6 heteroatoms. The van der Waals surface area contributed by atoms with Crippen molar-refractivity contribution in [3.05, 3.63) is 30.2 Å². The highest BCUT2D eigenvalue weighted by molar-refractivity contribution is 5.58. The Kier molecular flexibility index (Phi) is 4.95. The molecule has 0 amide bonds. The molecular formula is C14H21N5O. The highest BCUT2D eigenvalue weighted by Gasteiger charge is 2.05. The minimum atomic E-state index is 0.413. The lowest BCUT2D eigenvalue weighted by Gasteiger charge is -2.12. The number of hydrogen-bond donors (Lipinski definition) is 2. The fourth-order valence-electron chi connectivity index (χ4n) is 1.71. The van der Waals surface area contributed by atoms with Gasteiger partial charge in [-0.2, -0.15) is 0 Å². The van der Waals surface area contributed by atoms with Crippen molar-refractivity contribution in [2.45, 2.75) is 19.9 Å². The SMILES string of the molecule is CCCNCc1nnc(Nc2ccc(N(C)C)cc2)o1. The lowest BCUT2D eigenvalue weighted by atomic mass is 10.2. The first-order valence-electron chi connectivity index (χ1n) is 6.76. The van der Waals surface area contributed by atoms with Crippen molar-refractivity contribution < 1.29 is 4.42 Å². The van der Waals surface area contributed by atoms with Crippen LogP contribution in [0, 0.1) is 0 Å². The van der Waals surface area contributed by atoms with Crippen LogP contribution >= 0.6 is 0 Å². The van der Waals surface area contributed by atoms with Gasteiger partial charge in [-0.1, -0.05) is 12.0 Å². The van der Waals surface area contributed by atoms with E-state index in [0.29, 0.717) is 18.5 Å². The quantitative estimate of drug-likeness (QED) is 0.756. The van der Waals surface area contributed by atoms with E-state index in [1.807, 2.05) is 43.3 Å². The highest BCUT2D eigenvalue weighted by atomic mass is 16.4. The molecule has 108 valence electrons. The second-order valence-corrected chi connectivity index (χ2v) is 4.74. The monoisotopic (exact) mass is 275 g/mol. The van der Waals surface area contributed by atoms with Crippen LogP contribution in [0.4, 0.5) is 17.4 Å². The molecule has 0 saturated heterocycles. The van der Waals surface area contributed by atoms with Gasteiger partial charge in [-0.15, -0.1) is 5.10 Å². The van der Waals surface area contributed by atoms with Gasteiger partial charge in [-0.25, -0.2) is 0 Å². The second kappa shape index (κ2) is 6.91. The predicted octanol–water partition coefficient (Wildman–Crippen LogP) is 2.38. The number of hydrogen-bond acceptors (Lipinski definition) is 6. The van der Waals surface area contributed by atoms with E-state index in [1.54, 1.807) is 0 Å². The molecule has 0 bridgehead atoms. The molecule has 2 rings (SSSR count). The number of nitrogens with zero attached hydrogens (tertiary/aromatic N) is 3. The standard InChI is InChI=1S/C14H21N5O/c1-4-9-15-10-13-17-18-14(20-13)16-11-5-7-12(8-6-11)19(2)3/h5-8,15H,4,9-10H2,1-3H3,(H,16,18). The second-order valence-electron chi connectivity index (χ2n) is 4.74. The van der Waals surface area contributed by atoms with Gasteiger partial charge in [-0.05, 0) is 37.2 Å². The summed E-state index contributed by atoms with van der Waals surface area (Å²) >= 11 is 0. The van der Waals surface area contributed by atoms with Crippen molar-refractivity contribution in [3.63, 3.8) is 0 Å². The summed E-state index contributed by atoms with van der Waals surface area (Å²) in [5.74, 6) is 0.589. The summed E-state index contributed by atoms with van der Waals surface area (Å²) in [6.45, 7) is 3.66. The van der Waals surface area contributed by atoms with Gasteiger partial charge in [0.05, 0.1) is 6.54 Å². The molecule has 0 aliphatic carbocycles. The summed E-state index contributed by atoms with van der Waals surface area (Å²) in [6.07, 6.45) is 1.08. The van der Waals surface area contributed by atoms with E-state index in [9.17, 15) is 0 Å². The Hall–Kier alpha value is -2.08. The van der Waals surface area contributed by atoms with Crippen LogP contribution in [0.3, 0.4) is 0 Å². The van der Waals surface area contributed by atoms with Crippen LogP contribution in [-0.4, -0.2) is 30.8 Å². The zero-order valence-electron chi connectivity index (χ0n) is 12.2. The number of rotatable bonds is 7. The normalized spacial score (nSPS) is 10.6. The van der Waals surface area contributed by atoms with Gasteiger partial charge in [0.1, 0.15) is 0 Å². The predicted molar refractivity (Wildman–Crippen MR) is 80.3 cm³/mol. The van der Waals surface area contributed by atoms with E-state index in [-0.39, 0.29) is 0 Å². The summed E-state index contributed by atoms with van der Waals surface area (Å²) in [6, 6.07) is 8.43. The summed E-state index contributed by atoms with van der Waals surface area (Å²) < 4.78 is 5.51. The van der Waals surface area contributed by atoms with Gasteiger partial charge in [-0.3, -0.25) is 0 Å². The molecule has 6 nitrogen and oxygen atoms in total. The molecule has 0 spiro atoms. The average Bonchev–Trinajstić information content (AvgIpc) is 2.87. The topological polar surface area (TPSA) is 66.2 Å². The molecule has 2 aromatic rings. The van der Waals surface area contributed by atoms with Gasteiger partial charge in [0.15, 0.2) is 0 Å². The molecule has 20 heavy (non-hydrogen) atoms. The van der Waals surface area contributed by atoms with E-state index in [2.05, 4.69) is 27.8 Å². The summed E-state index contributed by atoms with van der Waals surface area (Å²) in [5, 5.41) is 14.3. The van der Waals surface area contributed by atoms with Crippen LogP contribution in [0.5, 0.6) is 0 Å². The first-order chi connectivity index (χ1) is 9.69. The van der Waals surface area contributed by atoms with E-state index >= 15 is 0 Å². The Morgan fingerprint density at radius 2 is 1.90 bits per heavy atom. The van der Waals surface area contributed by atoms with E-state index in [1.165, 1.54) is 0 Å². The molecule has 0 saturated carbocycles. The maximum atomic E-state index is 5.51. The van der Waals surface area contributed by atoms with Crippen LogP contribution in [-0.2, 0) is 6.54 Å². The molecule has 2 N–H and O–H groups in total. The van der Waals surface area contributed by atoms with E-state index in [0.717, 1.165) is 24.3 Å². The first kappa shape index (κ1) is 14.3. The molecule has 0 radical (unpaired) electrons. The van der Waals surface area contributed by atoms with E-state index in [4.69, 9.17) is 4.42 Å². The van der Waals surface area contributed by atoms with Crippen LogP contribution < -0.4 is 15.5 Å². The molecule has 0 unspecified atom stereocenters. The molecule has 0 fully saturated rings. The van der Waals surface area contributed by atoms with Gasteiger partial charge >= 0.3 is 6.01 Å². The zero-order chi connectivity index (χ0) is 14.4. The molecule has 1 aromatic carbocycles. The van der Waals surface area contributed by atoms with Crippen molar-refractivity contribution in [2.75, 3.05) is 30.9 Å². The minimum Gasteiger partial charge on any atom is -0.406 e. The Morgan fingerprint density at radius 1 is 1.15 bits per heavy atom. The maximum absolute atomic E-state index is 5.51. The van der Waals surface area contributed by atoms with E-state index < -0.39 is 0 Å². The molecule has 0 aliphatic heterocycles. The third-order valence-corrected chi connectivity index (χ3v) is 2.80. The smallest absolute Gasteiger partial charge is 0.320 e. The minimum absolute atomic E-state index is 0.413. The third kappa shape index (κ3) is 3.96. The van der Waals surface area contributed by atoms with Gasteiger partial charge in [0, 0.05) is 25.5 Å². The molecule has 0 atom stereocenters. The summed E-state index contributed by atoms with van der Waals surface area (Å²) in [4.78, 5) is 2.05. The van der Waals surface area contributed by atoms with Gasteiger partial charge in [0.2, 0.25) is 5.89 Å².